The van der Waals surface area contributed by atoms with E-state index in [4.69, 9.17) is 9.15 Å². The highest BCUT2D eigenvalue weighted by Crippen LogP contribution is 2.26. The van der Waals surface area contributed by atoms with Crippen molar-refractivity contribution in [1.29, 1.82) is 0 Å². The van der Waals surface area contributed by atoms with Gasteiger partial charge >= 0.3 is 0 Å². The summed E-state index contributed by atoms with van der Waals surface area (Å²) in [6.07, 6.45) is 3.72. The van der Waals surface area contributed by atoms with Gasteiger partial charge in [0.2, 0.25) is 5.89 Å². The Hall–Kier alpha value is -2.73. The average molecular weight is 337 g/mol. The van der Waals surface area contributed by atoms with E-state index in [1.54, 1.807) is 25.1 Å². The maximum atomic E-state index is 5.76. The largest absolute Gasteiger partial charge is 0.497 e. The lowest BCUT2D eigenvalue weighted by Crippen LogP contribution is -1.96. The zero-order chi connectivity index (χ0) is 16.4. The first kappa shape index (κ1) is 14.8. The van der Waals surface area contributed by atoms with Crippen LogP contribution in [0.5, 0.6) is 5.75 Å². The maximum absolute atomic E-state index is 5.76. The summed E-state index contributed by atoms with van der Waals surface area (Å²) in [5, 5.41) is 0.880. The van der Waals surface area contributed by atoms with Crippen molar-refractivity contribution in [1.82, 2.24) is 14.5 Å². The standard InChI is InChI=1S/C18H15N3O2S/c1-22-14-6-4-5-13(11-14)21-10-9-19-18(21)24-12-17-20-15-7-2-3-8-16(15)23-17/h2-11H,12H2,1H3. The number of methoxy groups -OCH3 is 1. The topological polar surface area (TPSA) is 53.1 Å². The molecule has 0 fully saturated rings. The average Bonchev–Trinajstić information content (AvgIpc) is 3.26. The molecule has 0 aliphatic rings. The van der Waals surface area contributed by atoms with Crippen LogP contribution in [-0.4, -0.2) is 21.6 Å². The summed E-state index contributed by atoms with van der Waals surface area (Å²) in [7, 11) is 1.66. The van der Waals surface area contributed by atoms with Gasteiger partial charge in [0.25, 0.3) is 0 Å². The molecule has 0 bridgehead atoms. The summed E-state index contributed by atoms with van der Waals surface area (Å²) >= 11 is 1.59. The molecule has 0 N–H and O–H groups in total. The molecule has 0 saturated carbocycles. The van der Waals surface area contributed by atoms with Gasteiger partial charge in [-0.05, 0) is 24.3 Å². The highest BCUT2D eigenvalue weighted by Gasteiger charge is 2.10. The summed E-state index contributed by atoms with van der Waals surface area (Å²) in [5.41, 5.74) is 2.69. The van der Waals surface area contributed by atoms with Crippen LogP contribution in [0.1, 0.15) is 5.89 Å². The van der Waals surface area contributed by atoms with Crippen molar-refractivity contribution in [2.45, 2.75) is 10.9 Å². The molecule has 0 spiro atoms. The van der Waals surface area contributed by atoms with E-state index in [2.05, 4.69) is 9.97 Å². The first-order chi connectivity index (χ1) is 11.8. The fourth-order valence-corrected chi connectivity index (χ4v) is 3.28. The Morgan fingerprint density at radius 1 is 1.17 bits per heavy atom. The number of fused-ring (bicyclic) bond motifs is 1. The molecule has 4 rings (SSSR count). The van der Waals surface area contributed by atoms with Crippen LogP contribution in [-0.2, 0) is 5.75 Å². The number of hydrogen-bond acceptors (Lipinski definition) is 5. The fraction of sp³-hybridized carbons (Fsp3) is 0.111. The quantitative estimate of drug-likeness (QED) is 0.508. The Labute approximate surface area is 143 Å². The zero-order valence-corrected chi connectivity index (χ0v) is 13.9. The fourth-order valence-electron chi connectivity index (χ4n) is 2.46. The minimum atomic E-state index is 0.621. The molecule has 0 aliphatic carbocycles. The van der Waals surface area contributed by atoms with Gasteiger partial charge in [0.05, 0.1) is 18.6 Å². The number of benzene rings is 2. The molecule has 0 atom stereocenters. The zero-order valence-electron chi connectivity index (χ0n) is 13.0. The summed E-state index contributed by atoms with van der Waals surface area (Å²) < 4.78 is 13.1. The second-order valence-electron chi connectivity index (χ2n) is 5.15. The highest BCUT2D eigenvalue weighted by atomic mass is 32.2. The summed E-state index contributed by atoms with van der Waals surface area (Å²) in [6, 6.07) is 15.7. The van der Waals surface area contributed by atoms with Gasteiger partial charge in [-0.25, -0.2) is 9.97 Å². The number of rotatable bonds is 5. The van der Waals surface area contributed by atoms with Crippen molar-refractivity contribution in [2.24, 2.45) is 0 Å². The van der Waals surface area contributed by atoms with E-state index in [0.717, 1.165) is 27.7 Å². The second-order valence-corrected chi connectivity index (χ2v) is 6.09. The SMILES string of the molecule is COc1cccc(-n2ccnc2SCc2nc3ccccc3o2)c1. The van der Waals surface area contributed by atoms with Gasteiger partial charge in [0, 0.05) is 18.5 Å². The third-order valence-electron chi connectivity index (χ3n) is 3.60. The van der Waals surface area contributed by atoms with E-state index < -0.39 is 0 Å². The third-order valence-corrected chi connectivity index (χ3v) is 4.55. The number of ether oxygens (including phenoxy) is 1. The van der Waals surface area contributed by atoms with Crippen molar-refractivity contribution >= 4 is 22.9 Å². The second kappa shape index (κ2) is 6.41. The van der Waals surface area contributed by atoms with Gasteiger partial charge in [0.1, 0.15) is 11.3 Å². The number of oxazole rings is 1. The van der Waals surface area contributed by atoms with Gasteiger partial charge in [0.15, 0.2) is 10.7 Å². The Bertz CT molecular complexity index is 944. The van der Waals surface area contributed by atoms with Crippen LogP contribution in [0.3, 0.4) is 0 Å². The molecule has 2 heterocycles. The lowest BCUT2D eigenvalue weighted by molar-refractivity contribution is 0.414. The lowest BCUT2D eigenvalue weighted by atomic mass is 10.3. The first-order valence-electron chi connectivity index (χ1n) is 7.48. The smallest absolute Gasteiger partial charge is 0.205 e. The molecule has 24 heavy (non-hydrogen) atoms. The molecule has 4 aromatic rings. The van der Waals surface area contributed by atoms with Crippen molar-refractivity contribution in [3.05, 3.63) is 66.8 Å². The minimum absolute atomic E-state index is 0.621. The maximum Gasteiger partial charge on any atom is 0.205 e. The monoisotopic (exact) mass is 337 g/mol. The van der Waals surface area contributed by atoms with E-state index in [1.165, 1.54) is 0 Å². The van der Waals surface area contributed by atoms with Crippen LogP contribution in [0.15, 0.2) is 70.5 Å². The molecule has 6 heteroatoms. The van der Waals surface area contributed by atoms with Gasteiger partial charge in [-0.3, -0.25) is 4.57 Å². The molecule has 120 valence electrons. The van der Waals surface area contributed by atoms with Crippen LogP contribution in [0.25, 0.3) is 16.8 Å². The van der Waals surface area contributed by atoms with Crippen molar-refractivity contribution in [2.75, 3.05) is 7.11 Å². The van der Waals surface area contributed by atoms with Crippen LogP contribution in [0.4, 0.5) is 0 Å². The Morgan fingerprint density at radius 3 is 2.96 bits per heavy atom. The molecular formula is C18H15N3O2S. The number of aromatic nitrogens is 3. The summed E-state index contributed by atoms with van der Waals surface area (Å²) in [5.74, 6) is 2.13. The van der Waals surface area contributed by atoms with E-state index in [1.807, 2.05) is 59.3 Å². The Morgan fingerprint density at radius 2 is 2.08 bits per heavy atom. The molecule has 0 saturated heterocycles. The molecule has 0 aliphatic heterocycles. The minimum Gasteiger partial charge on any atom is -0.497 e. The van der Waals surface area contributed by atoms with Crippen LogP contribution in [0.2, 0.25) is 0 Å². The van der Waals surface area contributed by atoms with E-state index in [9.17, 15) is 0 Å². The number of nitrogens with zero attached hydrogens (tertiary/aromatic N) is 3. The van der Waals surface area contributed by atoms with Crippen LogP contribution >= 0.6 is 11.8 Å². The van der Waals surface area contributed by atoms with Gasteiger partial charge in [-0.2, -0.15) is 0 Å². The normalized spacial score (nSPS) is 11.0. The summed E-state index contributed by atoms with van der Waals surface area (Å²) in [4.78, 5) is 8.93. The summed E-state index contributed by atoms with van der Waals surface area (Å²) in [6.45, 7) is 0. The van der Waals surface area contributed by atoms with Crippen molar-refractivity contribution < 1.29 is 9.15 Å². The van der Waals surface area contributed by atoms with Crippen molar-refractivity contribution in [3.8, 4) is 11.4 Å². The number of imidazole rings is 1. The lowest BCUT2D eigenvalue weighted by Gasteiger charge is -2.08. The first-order valence-corrected chi connectivity index (χ1v) is 8.47. The Kier molecular flexibility index (Phi) is 3.96. The molecule has 0 radical (unpaired) electrons. The van der Waals surface area contributed by atoms with Gasteiger partial charge < -0.3 is 9.15 Å². The molecule has 0 amide bonds. The molecular weight excluding hydrogens is 322 g/mol. The number of hydrogen-bond donors (Lipinski definition) is 0. The van der Waals surface area contributed by atoms with E-state index in [0.29, 0.717) is 11.6 Å². The third kappa shape index (κ3) is 2.88. The molecule has 5 nitrogen and oxygen atoms in total. The van der Waals surface area contributed by atoms with E-state index in [-0.39, 0.29) is 0 Å². The predicted octanol–water partition coefficient (Wildman–Crippen LogP) is 4.31. The van der Waals surface area contributed by atoms with Gasteiger partial charge in [-0.15, -0.1) is 0 Å². The van der Waals surface area contributed by atoms with Crippen molar-refractivity contribution in [3.63, 3.8) is 0 Å². The predicted molar refractivity (Wildman–Crippen MR) is 93.7 cm³/mol. The van der Waals surface area contributed by atoms with E-state index >= 15 is 0 Å². The molecule has 2 aromatic carbocycles. The van der Waals surface area contributed by atoms with Crippen LogP contribution < -0.4 is 4.74 Å². The number of thioether (sulfide) groups is 1. The van der Waals surface area contributed by atoms with Gasteiger partial charge in [-0.1, -0.05) is 30.0 Å². The molecule has 0 unspecified atom stereocenters. The highest BCUT2D eigenvalue weighted by molar-refractivity contribution is 7.98. The van der Waals surface area contributed by atoms with Crippen LogP contribution in [0, 0.1) is 0 Å². The molecule has 2 aromatic heterocycles. The number of para-hydroxylation sites is 2. The Balaban J connectivity index is 1.56.